The highest BCUT2D eigenvalue weighted by molar-refractivity contribution is 6.31. The van der Waals surface area contributed by atoms with Gasteiger partial charge in [-0.2, -0.15) is 0 Å². The lowest BCUT2D eigenvalue weighted by Crippen LogP contribution is -2.03. The maximum Gasteiger partial charge on any atom is 0.231 e. The molecular formula is C15H7ClF2O2. The van der Waals surface area contributed by atoms with Crippen molar-refractivity contribution in [1.82, 2.24) is 0 Å². The van der Waals surface area contributed by atoms with Crippen LogP contribution in [0.25, 0.3) is 11.0 Å². The number of hydrogen-bond donors (Lipinski definition) is 0. The second-order valence-electron chi connectivity index (χ2n) is 4.25. The first-order valence-corrected chi connectivity index (χ1v) is 6.11. The maximum absolute atomic E-state index is 13.6. The van der Waals surface area contributed by atoms with E-state index >= 15 is 0 Å². The molecule has 0 atom stereocenters. The van der Waals surface area contributed by atoms with Crippen LogP contribution in [0.1, 0.15) is 16.1 Å². The summed E-state index contributed by atoms with van der Waals surface area (Å²) in [5.74, 6) is -2.33. The van der Waals surface area contributed by atoms with E-state index in [9.17, 15) is 13.6 Å². The van der Waals surface area contributed by atoms with Gasteiger partial charge in [0.25, 0.3) is 0 Å². The van der Waals surface area contributed by atoms with Crippen LogP contribution in [0, 0.1) is 11.6 Å². The van der Waals surface area contributed by atoms with E-state index < -0.39 is 17.4 Å². The molecule has 0 spiro atoms. The Labute approximate surface area is 117 Å². The van der Waals surface area contributed by atoms with E-state index in [0.29, 0.717) is 22.1 Å². The third kappa shape index (κ3) is 2.18. The summed E-state index contributed by atoms with van der Waals surface area (Å²) in [7, 11) is 0. The van der Waals surface area contributed by atoms with E-state index in [1.165, 1.54) is 6.07 Å². The Kier molecular flexibility index (Phi) is 3.03. The average molecular weight is 293 g/mol. The van der Waals surface area contributed by atoms with Gasteiger partial charge in [0, 0.05) is 16.5 Å². The topological polar surface area (TPSA) is 30.2 Å². The van der Waals surface area contributed by atoms with Crippen molar-refractivity contribution < 1.29 is 18.0 Å². The predicted octanol–water partition coefficient (Wildman–Crippen LogP) is 4.60. The van der Waals surface area contributed by atoms with Crippen molar-refractivity contribution in [2.45, 2.75) is 0 Å². The first-order valence-electron chi connectivity index (χ1n) is 5.73. The van der Waals surface area contributed by atoms with Gasteiger partial charge in [0.2, 0.25) is 5.78 Å². The van der Waals surface area contributed by atoms with Crippen molar-refractivity contribution in [2.24, 2.45) is 0 Å². The fourth-order valence-electron chi connectivity index (χ4n) is 1.93. The average Bonchev–Trinajstić information content (AvgIpc) is 2.81. The molecule has 1 aromatic heterocycles. The lowest BCUT2D eigenvalue weighted by molar-refractivity contribution is 0.101. The molecular weight excluding hydrogens is 286 g/mol. The molecule has 5 heteroatoms. The molecule has 3 aromatic rings. The molecule has 0 saturated carbocycles. The lowest BCUT2D eigenvalue weighted by atomic mass is 10.1. The number of ketones is 1. The van der Waals surface area contributed by atoms with Crippen LogP contribution in [0.5, 0.6) is 0 Å². The number of benzene rings is 2. The van der Waals surface area contributed by atoms with Crippen molar-refractivity contribution in [1.29, 1.82) is 0 Å². The fourth-order valence-corrected chi connectivity index (χ4v) is 2.11. The minimum absolute atomic E-state index is 0.0206. The van der Waals surface area contributed by atoms with Crippen LogP contribution in [0.3, 0.4) is 0 Å². The standard InChI is InChI=1S/C15H7ClF2O2/c16-9-1-4-13-8(5-9)6-14(20-13)15(19)11-3-2-10(17)7-12(11)18/h1-7H. The normalized spacial score (nSPS) is 10.9. The lowest BCUT2D eigenvalue weighted by Gasteiger charge is -1.99. The summed E-state index contributed by atoms with van der Waals surface area (Å²) < 4.78 is 31.8. The van der Waals surface area contributed by atoms with E-state index in [4.69, 9.17) is 16.0 Å². The van der Waals surface area contributed by atoms with Crippen LogP contribution >= 0.6 is 11.6 Å². The van der Waals surface area contributed by atoms with Crippen molar-refractivity contribution in [3.8, 4) is 0 Å². The van der Waals surface area contributed by atoms with Crippen molar-refractivity contribution >= 4 is 28.4 Å². The van der Waals surface area contributed by atoms with Gasteiger partial charge in [-0.1, -0.05) is 11.6 Å². The maximum atomic E-state index is 13.6. The molecule has 0 fully saturated rings. The first-order chi connectivity index (χ1) is 9.54. The second kappa shape index (κ2) is 4.72. The number of carbonyl (C=O) groups is 1. The molecule has 0 unspecified atom stereocenters. The highest BCUT2D eigenvalue weighted by atomic mass is 35.5. The zero-order valence-electron chi connectivity index (χ0n) is 9.99. The molecule has 3 rings (SSSR count). The molecule has 0 aliphatic rings. The zero-order chi connectivity index (χ0) is 14.3. The summed E-state index contributed by atoms with van der Waals surface area (Å²) in [5.41, 5.74) is 0.233. The highest BCUT2D eigenvalue weighted by Crippen LogP contribution is 2.25. The monoisotopic (exact) mass is 292 g/mol. The van der Waals surface area contributed by atoms with Crippen molar-refractivity contribution in [3.05, 3.63) is 70.4 Å². The van der Waals surface area contributed by atoms with Gasteiger partial charge in [-0.15, -0.1) is 0 Å². The van der Waals surface area contributed by atoms with Crippen LogP contribution in [0.15, 0.2) is 46.9 Å². The van der Waals surface area contributed by atoms with Crippen LogP contribution < -0.4 is 0 Å². The van der Waals surface area contributed by atoms with E-state index in [1.54, 1.807) is 18.2 Å². The number of rotatable bonds is 2. The van der Waals surface area contributed by atoms with Gasteiger partial charge in [0.15, 0.2) is 5.76 Å². The van der Waals surface area contributed by atoms with Gasteiger partial charge in [0.05, 0.1) is 5.56 Å². The Bertz CT molecular complexity index is 824. The van der Waals surface area contributed by atoms with Gasteiger partial charge in [-0.25, -0.2) is 8.78 Å². The van der Waals surface area contributed by atoms with Gasteiger partial charge in [0.1, 0.15) is 17.2 Å². The summed E-state index contributed by atoms with van der Waals surface area (Å²) in [6.07, 6.45) is 0. The van der Waals surface area contributed by atoms with Gasteiger partial charge in [-0.3, -0.25) is 4.79 Å². The quantitative estimate of drug-likeness (QED) is 0.646. The number of carbonyl (C=O) groups excluding carboxylic acids is 1. The molecule has 100 valence electrons. The van der Waals surface area contributed by atoms with E-state index in [2.05, 4.69) is 0 Å². The zero-order valence-corrected chi connectivity index (χ0v) is 10.7. The predicted molar refractivity (Wildman–Crippen MR) is 71.0 cm³/mol. The molecule has 0 aliphatic carbocycles. The largest absolute Gasteiger partial charge is 0.453 e. The Balaban J connectivity index is 2.08. The van der Waals surface area contributed by atoms with Crippen LogP contribution in [-0.4, -0.2) is 5.78 Å². The molecule has 0 aliphatic heterocycles. The molecule has 0 saturated heterocycles. The third-order valence-corrected chi connectivity index (χ3v) is 3.11. The van der Waals surface area contributed by atoms with Crippen LogP contribution in [-0.2, 0) is 0 Å². The molecule has 0 radical (unpaired) electrons. The Morgan fingerprint density at radius 1 is 1.05 bits per heavy atom. The van der Waals surface area contributed by atoms with Gasteiger partial charge in [-0.05, 0) is 36.4 Å². The van der Waals surface area contributed by atoms with E-state index in [1.807, 2.05) is 0 Å². The first kappa shape index (κ1) is 12.8. The molecule has 0 amide bonds. The van der Waals surface area contributed by atoms with Gasteiger partial charge < -0.3 is 4.42 Å². The number of fused-ring (bicyclic) bond motifs is 1. The molecule has 2 aromatic carbocycles. The number of halogens is 3. The van der Waals surface area contributed by atoms with Crippen molar-refractivity contribution in [3.63, 3.8) is 0 Å². The Morgan fingerprint density at radius 3 is 2.60 bits per heavy atom. The molecule has 1 heterocycles. The number of furan rings is 1. The fraction of sp³-hybridized carbons (Fsp3) is 0. The summed E-state index contributed by atoms with van der Waals surface area (Å²) in [4.78, 5) is 12.1. The third-order valence-electron chi connectivity index (χ3n) is 2.88. The van der Waals surface area contributed by atoms with Gasteiger partial charge >= 0.3 is 0 Å². The Morgan fingerprint density at radius 2 is 1.85 bits per heavy atom. The molecule has 20 heavy (non-hydrogen) atoms. The van der Waals surface area contributed by atoms with Crippen LogP contribution in [0.2, 0.25) is 5.02 Å². The molecule has 2 nitrogen and oxygen atoms in total. The molecule has 0 bridgehead atoms. The summed E-state index contributed by atoms with van der Waals surface area (Å²) in [6, 6.07) is 9.13. The molecule has 0 N–H and O–H groups in total. The summed E-state index contributed by atoms with van der Waals surface area (Å²) >= 11 is 5.84. The number of hydrogen-bond acceptors (Lipinski definition) is 2. The van der Waals surface area contributed by atoms with E-state index in [0.717, 1.165) is 12.1 Å². The van der Waals surface area contributed by atoms with Crippen molar-refractivity contribution in [2.75, 3.05) is 0 Å². The smallest absolute Gasteiger partial charge is 0.231 e. The SMILES string of the molecule is O=C(c1cc2cc(Cl)ccc2o1)c1ccc(F)cc1F. The highest BCUT2D eigenvalue weighted by Gasteiger charge is 2.18. The summed E-state index contributed by atoms with van der Waals surface area (Å²) in [6.45, 7) is 0. The Hall–Kier alpha value is -2.20. The summed E-state index contributed by atoms with van der Waals surface area (Å²) in [5, 5.41) is 1.15. The van der Waals surface area contributed by atoms with Crippen LogP contribution in [0.4, 0.5) is 8.78 Å². The second-order valence-corrected chi connectivity index (χ2v) is 4.68. The minimum Gasteiger partial charge on any atom is -0.453 e. The van der Waals surface area contributed by atoms with E-state index in [-0.39, 0.29) is 11.3 Å². The minimum atomic E-state index is -0.923.